The Morgan fingerprint density at radius 1 is 0.870 bits per heavy atom. The number of rotatable bonds is 4. The number of ether oxygens (including phenoxy) is 3. The third-order valence-electron chi connectivity index (χ3n) is 3.66. The molecule has 0 bridgehead atoms. The predicted octanol–water partition coefficient (Wildman–Crippen LogP) is 4.07. The smallest absolute Gasteiger partial charge is 0.203 e. The summed E-state index contributed by atoms with van der Waals surface area (Å²) in [7, 11) is 4.71. The summed E-state index contributed by atoms with van der Waals surface area (Å²) in [5.74, 6) is 1.37. The second kappa shape index (κ2) is 6.12. The normalized spacial score (nSPS) is 10.6. The molecule has 1 aromatic heterocycles. The van der Waals surface area contributed by atoms with Crippen molar-refractivity contribution in [3.63, 3.8) is 0 Å². The van der Waals surface area contributed by atoms with Gasteiger partial charge < -0.3 is 14.2 Å². The van der Waals surface area contributed by atoms with Gasteiger partial charge in [-0.2, -0.15) is 0 Å². The monoisotopic (exact) mass is 313 g/mol. The Bertz CT molecular complexity index is 864. The first-order chi connectivity index (χ1) is 11.2. The Morgan fingerprint density at radius 3 is 2.35 bits per heavy atom. The lowest BCUT2D eigenvalue weighted by Crippen LogP contribution is -1.97. The topological polar surface area (TPSA) is 40.6 Å². The predicted molar refractivity (Wildman–Crippen MR) is 86.8 cm³/mol. The van der Waals surface area contributed by atoms with Crippen LogP contribution in [0.1, 0.15) is 0 Å². The van der Waals surface area contributed by atoms with Crippen molar-refractivity contribution < 1.29 is 18.6 Å². The number of halogens is 1. The molecule has 3 aromatic rings. The Morgan fingerprint density at radius 2 is 1.65 bits per heavy atom. The maximum Gasteiger partial charge on any atom is 0.203 e. The van der Waals surface area contributed by atoms with Crippen molar-refractivity contribution in [2.45, 2.75) is 0 Å². The molecule has 4 nitrogen and oxygen atoms in total. The van der Waals surface area contributed by atoms with Crippen molar-refractivity contribution in [1.29, 1.82) is 0 Å². The van der Waals surface area contributed by atoms with E-state index in [2.05, 4.69) is 4.98 Å². The van der Waals surface area contributed by atoms with Crippen molar-refractivity contribution in [1.82, 2.24) is 4.98 Å². The molecule has 0 fully saturated rings. The van der Waals surface area contributed by atoms with Gasteiger partial charge in [0.15, 0.2) is 11.5 Å². The summed E-state index contributed by atoms with van der Waals surface area (Å²) in [6.45, 7) is 0. The first-order valence-electron chi connectivity index (χ1n) is 7.02. The summed E-state index contributed by atoms with van der Waals surface area (Å²) in [5, 5.41) is 0.848. The van der Waals surface area contributed by atoms with Gasteiger partial charge in [0.25, 0.3) is 0 Å². The highest BCUT2D eigenvalue weighted by Crippen LogP contribution is 2.44. The van der Waals surface area contributed by atoms with E-state index in [1.54, 1.807) is 33.6 Å². The van der Waals surface area contributed by atoms with Crippen molar-refractivity contribution in [3.8, 4) is 28.4 Å². The van der Waals surface area contributed by atoms with E-state index < -0.39 is 0 Å². The summed E-state index contributed by atoms with van der Waals surface area (Å²) in [4.78, 5) is 4.32. The Hall–Kier alpha value is -2.82. The van der Waals surface area contributed by atoms with E-state index in [-0.39, 0.29) is 5.82 Å². The van der Waals surface area contributed by atoms with Crippen LogP contribution in [0.2, 0.25) is 0 Å². The molecule has 118 valence electrons. The zero-order chi connectivity index (χ0) is 16.4. The number of pyridine rings is 1. The molecule has 23 heavy (non-hydrogen) atoms. The summed E-state index contributed by atoms with van der Waals surface area (Å²) in [6.07, 6.45) is 1.69. The molecule has 0 aliphatic heterocycles. The second-order valence-corrected chi connectivity index (χ2v) is 4.94. The van der Waals surface area contributed by atoms with E-state index in [4.69, 9.17) is 14.2 Å². The first-order valence-corrected chi connectivity index (χ1v) is 7.02. The molecular weight excluding hydrogens is 297 g/mol. The largest absolute Gasteiger partial charge is 0.493 e. The number of benzene rings is 2. The quantitative estimate of drug-likeness (QED) is 0.728. The van der Waals surface area contributed by atoms with Crippen molar-refractivity contribution in [2.75, 3.05) is 21.3 Å². The molecule has 3 rings (SSSR count). The Balaban J connectivity index is 2.19. The van der Waals surface area contributed by atoms with Gasteiger partial charge in [-0.05, 0) is 30.3 Å². The van der Waals surface area contributed by atoms with Crippen LogP contribution in [-0.2, 0) is 0 Å². The molecule has 0 radical (unpaired) electrons. The highest BCUT2D eigenvalue weighted by Gasteiger charge is 2.17. The number of hydrogen-bond donors (Lipinski definition) is 0. The molecule has 0 saturated heterocycles. The Kier molecular flexibility index (Phi) is 4.02. The number of fused-ring (bicyclic) bond motifs is 1. The maximum absolute atomic E-state index is 13.3. The van der Waals surface area contributed by atoms with Crippen LogP contribution >= 0.6 is 0 Å². The summed E-state index contributed by atoms with van der Waals surface area (Å²) >= 11 is 0. The summed E-state index contributed by atoms with van der Waals surface area (Å²) in [5.41, 5.74) is 2.28. The Labute approximate surface area is 133 Å². The van der Waals surface area contributed by atoms with Gasteiger partial charge >= 0.3 is 0 Å². The van der Waals surface area contributed by atoms with Crippen molar-refractivity contribution >= 4 is 10.9 Å². The van der Waals surface area contributed by atoms with Crippen molar-refractivity contribution in [2.24, 2.45) is 0 Å². The van der Waals surface area contributed by atoms with Crippen LogP contribution < -0.4 is 14.2 Å². The molecule has 0 atom stereocenters. The lowest BCUT2D eigenvalue weighted by molar-refractivity contribution is 0.325. The second-order valence-electron chi connectivity index (χ2n) is 4.94. The van der Waals surface area contributed by atoms with Crippen LogP contribution in [0.3, 0.4) is 0 Å². The number of nitrogens with zero attached hydrogens (tertiary/aromatic N) is 1. The number of aromatic nitrogens is 1. The van der Waals surface area contributed by atoms with E-state index in [1.807, 2.05) is 18.2 Å². The zero-order valence-corrected chi connectivity index (χ0v) is 13.1. The molecule has 5 heteroatoms. The van der Waals surface area contributed by atoms with E-state index in [9.17, 15) is 4.39 Å². The van der Waals surface area contributed by atoms with Crippen LogP contribution in [0.15, 0.2) is 42.6 Å². The average molecular weight is 313 g/mol. The third kappa shape index (κ3) is 2.65. The molecule has 0 N–H and O–H groups in total. The molecule has 0 spiro atoms. The SMILES string of the molecule is COc1ccc(-c2cnc3cc(F)ccc3c2)c(OC)c1OC. The molecule has 0 aliphatic carbocycles. The number of methoxy groups -OCH3 is 3. The zero-order valence-electron chi connectivity index (χ0n) is 13.1. The lowest BCUT2D eigenvalue weighted by Gasteiger charge is -2.16. The molecular formula is C18H16FNO3. The minimum atomic E-state index is -0.304. The minimum Gasteiger partial charge on any atom is -0.493 e. The van der Waals surface area contributed by atoms with Gasteiger partial charge in [-0.1, -0.05) is 0 Å². The van der Waals surface area contributed by atoms with Gasteiger partial charge in [0, 0.05) is 28.8 Å². The fourth-order valence-corrected chi connectivity index (χ4v) is 2.57. The highest BCUT2D eigenvalue weighted by atomic mass is 19.1. The third-order valence-corrected chi connectivity index (χ3v) is 3.66. The first kappa shape index (κ1) is 15.1. The molecule has 0 unspecified atom stereocenters. The van der Waals surface area contributed by atoms with Gasteiger partial charge in [0.05, 0.1) is 26.8 Å². The fourth-order valence-electron chi connectivity index (χ4n) is 2.57. The standard InChI is InChI=1S/C18H16FNO3/c1-21-16-7-6-14(17(22-2)18(16)23-3)12-8-11-4-5-13(19)9-15(11)20-10-12/h4-10H,1-3H3. The van der Waals surface area contributed by atoms with E-state index in [0.29, 0.717) is 22.8 Å². The van der Waals surface area contributed by atoms with E-state index in [1.165, 1.54) is 12.1 Å². The van der Waals surface area contributed by atoms with Crippen molar-refractivity contribution in [3.05, 3.63) is 48.4 Å². The highest BCUT2D eigenvalue weighted by molar-refractivity contribution is 5.86. The fraction of sp³-hybridized carbons (Fsp3) is 0.167. The molecule has 2 aromatic carbocycles. The van der Waals surface area contributed by atoms with Crippen LogP contribution in [-0.4, -0.2) is 26.3 Å². The van der Waals surface area contributed by atoms with Crippen LogP contribution in [0.25, 0.3) is 22.0 Å². The van der Waals surface area contributed by atoms with E-state index >= 15 is 0 Å². The van der Waals surface area contributed by atoms with E-state index in [0.717, 1.165) is 16.5 Å². The van der Waals surface area contributed by atoms with Crippen LogP contribution in [0, 0.1) is 5.82 Å². The summed E-state index contributed by atoms with van der Waals surface area (Å²) in [6, 6.07) is 10.2. The average Bonchev–Trinajstić information content (AvgIpc) is 2.59. The molecule has 1 heterocycles. The van der Waals surface area contributed by atoms with Crippen LogP contribution in [0.5, 0.6) is 17.2 Å². The molecule has 0 amide bonds. The van der Waals surface area contributed by atoms with Gasteiger partial charge in [-0.15, -0.1) is 0 Å². The summed E-state index contributed by atoms with van der Waals surface area (Å²) < 4.78 is 29.5. The van der Waals surface area contributed by atoms with Gasteiger partial charge in [0.2, 0.25) is 5.75 Å². The lowest BCUT2D eigenvalue weighted by atomic mass is 10.0. The van der Waals surface area contributed by atoms with Gasteiger partial charge in [-0.25, -0.2) is 4.39 Å². The van der Waals surface area contributed by atoms with Gasteiger partial charge in [0.1, 0.15) is 5.82 Å². The molecule has 0 saturated carbocycles. The van der Waals surface area contributed by atoms with Gasteiger partial charge in [-0.3, -0.25) is 4.98 Å². The maximum atomic E-state index is 13.3. The minimum absolute atomic E-state index is 0.304. The van der Waals surface area contributed by atoms with Crippen LogP contribution in [0.4, 0.5) is 4.39 Å². The number of hydrogen-bond acceptors (Lipinski definition) is 4. The molecule has 0 aliphatic rings.